The Bertz CT molecular complexity index is 555. The van der Waals surface area contributed by atoms with Crippen molar-refractivity contribution in [3.8, 4) is 0 Å². The second kappa shape index (κ2) is 4.65. The largest absolute Gasteiger partial charge is 0.476 e. The number of allylic oxidation sites excluding steroid dienone is 1. The van der Waals surface area contributed by atoms with Gasteiger partial charge in [-0.15, -0.1) is 0 Å². The number of carbonyl (C=O) groups is 1. The Kier molecular flexibility index (Phi) is 3.05. The van der Waals surface area contributed by atoms with Crippen molar-refractivity contribution >= 4 is 17.6 Å². The standard InChI is InChI=1S/C13H11NO3/c1-9(7-10-5-3-2-4-6-10)12-14-11(8-17-12)13(15)16/h2-8H,1H3,(H,15,16)/b9-7+. The van der Waals surface area contributed by atoms with Gasteiger partial charge in [0.25, 0.3) is 0 Å². The molecule has 0 aliphatic heterocycles. The van der Waals surface area contributed by atoms with Crippen LogP contribution in [-0.4, -0.2) is 16.1 Å². The second-order valence-corrected chi connectivity index (χ2v) is 3.58. The van der Waals surface area contributed by atoms with Crippen molar-refractivity contribution in [2.75, 3.05) is 0 Å². The lowest BCUT2D eigenvalue weighted by Gasteiger charge is -1.95. The molecule has 1 aromatic heterocycles. The zero-order chi connectivity index (χ0) is 12.3. The van der Waals surface area contributed by atoms with Crippen LogP contribution < -0.4 is 0 Å². The molecule has 86 valence electrons. The molecule has 0 saturated heterocycles. The third-order valence-corrected chi connectivity index (χ3v) is 2.24. The van der Waals surface area contributed by atoms with Gasteiger partial charge in [-0.25, -0.2) is 9.78 Å². The van der Waals surface area contributed by atoms with Gasteiger partial charge in [0.05, 0.1) is 0 Å². The number of benzene rings is 1. The highest BCUT2D eigenvalue weighted by Crippen LogP contribution is 2.17. The van der Waals surface area contributed by atoms with E-state index in [1.54, 1.807) is 0 Å². The van der Waals surface area contributed by atoms with Crippen molar-refractivity contribution < 1.29 is 14.3 Å². The fourth-order valence-electron chi connectivity index (χ4n) is 1.41. The molecule has 0 unspecified atom stereocenters. The van der Waals surface area contributed by atoms with Gasteiger partial charge in [0, 0.05) is 5.57 Å². The van der Waals surface area contributed by atoms with Crippen molar-refractivity contribution in [3.63, 3.8) is 0 Å². The number of rotatable bonds is 3. The molecule has 4 heteroatoms. The quantitative estimate of drug-likeness (QED) is 0.878. The number of carboxylic acids is 1. The summed E-state index contributed by atoms with van der Waals surface area (Å²) in [6, 6.07) is 9.68. The lowest BCUT2D eigenvalue weighted by atomic mass is 10.1. The van der Waals surface area contributed by atoms with Crippen molar-refractivity contribution in [3.05, 3.63) is 53.7 Å². The molecule has 0 aliphatic rings. The van der Waals surface area contributed by atoms with E-state index in [0.29, 0.717) is 5.89 Å². The van der Waals surface area contributed by atoms with Crippen molar-refractivity contribution in [1.82, 2.24) is 4.98 Å². The third kappa shape index (κ3) is 2.60. The molecule has 0 saturated carbocycles. The van der Waals surface area contributed by atoms with Crippen LogP contribution >= 0.6 is 0 Å². The molecule has 4 nitrogen and oxygen atoms in total. The minimum atomic E-state index is -1.09. The highest BCUT2D eigenvalue weighted by atomic mass is 16.4. The topological polar surface area (TPSA) is 63.3 Å². The molecular weight excluding hydrogens is 218 g/mol. The summed E-state index contributed by atoms with van der Waals surface area (Å²) in [4.78, 5) is 14.5. The van der Waals surface area contributed by atoms with Crippen LogP contribution in [-0.2, 0) is 0 Å². The summed E-state index contributed by atoms with van der Waals surface area (Å²) in [5.74, 6) is -0.765. The monoisotopic (exact) mass is 229 g/mol. The average Bonchev–Trinajstić information content (AvgIpc) is 2.79. The number of carboxylic acid groups (broad SMARTS) is 1. The maximum atomic E-state index is 10.7. The van der Waals surface area contributed by atoms with Crippen LogP contribution in [0.1, 0.15) is 28.9 Å². The second-order valence-electron chi connectivity index (χ2n) is 3.58. The van der Waals surface area contributed by atoms with E-state index in [-0.39, 0.29) is 5.69 Å². The molecule has 1 aromatic carbocycles. The summed E-state index contributed by atoms with van der Waals surface area (Å²) in [7, 11) is 0. The number of oxazole rings is 1. The first kappa shape index (κ1) is 11.1. The lowest BCUT2D eigenvalue weighted by Crippen LogP contribution is -1.96. The van der Waals surface area contributed by atoms with Crippen LogP contribution in [0.3, 0.4) is 0 Å². The van der Waals surface area contributed by atoms with Gasteiger partial charge in [-0.2, -0.15) is 0 Å². The van der Waals surface area contributed by atoms with E-state index in [0.717, 1.165) is 17.4 Å². The fourth-order valence-corrected chi connectivity index (χ4v) is 1.41. The summed E-state index contributed by atoms with van der Waals surface area (Å²) < 4.78 is 5.10. The first-order valence-electron chi connectivity index (χ1n) is 5.09. The highest BCUT2D eigenvalue weighted by molar-refractivity contribution is 5.86. The van der Waals surface area contributed by atoms with Gasteiger partial charge in [-0.1, -0.05) is 30.3 Å². The summed E-state index contributed by atoms with van der Waals surface area (Å²) in [6.07, 6.45) is 3.03. The van der Waals surface area contributed by atoms with Crippen LogP contribution in [0, 0.1) is 0 Å². The SMILES string of the molecule is C/C(=C\c1ccccc1)c1nc(C(=O)O)co1. The first-order valence-corrected chi connectivity index (χ1v) is 5.09. The van der Waals surface area contributed by atoms with Gasteiger partial charge in [0.15, 0.2) is 5.69 Å². The van der Waals surface area contributed by atoms with E-state index < -0.39 is 5.97 Å². The third-order valence-electron chi connectivity index (χ3n) is 2.24. The summed E-state index contributed by atoms with van der Waals surface area (Å²) in [5.41, 5.74) is 1.71. The van der Waals surface area contributed by atoms with Gasteiger partial charge >= 0.3 is 5.97 Å². The Labute approximate surface area is 98.2 Å². The van der Waals surface area contributed by atoms with E-state index in [2.05, 4.69) is 4.98 Å². The minimum absolute atomic E-state index is 0.0826. The molecule has 2 aromatic rings. The molecule has 0 bridgehead atoms. The summed E-state index contributed by atoms with van der Waals surface area (Å²) in [5, 5.41) is 8.73. The molecule has 0 aliphatic carbocycles. The molecule has 1 N–H and O–H groups in total. The first-order chi connectivity index (χ1) is 8.16. The van der Waals surface area contributed by atoms with E-state index in [9.17, 15) is 4.79 Å². The summed E-state index contributed by atoms with van der Waals surface area (Å²) >= 11 is 0. The number of nitrogens with zero attached hydrogens (tertiary/aromatic N) is 1. The number of aromatic nitrogens is 1. The average molecular weight is 229 g/mol. The molecule has 1 heterocycles. The fraction of sp³-hybridized carbons (Fsp3) is 0.0769. The van der Waals surface area contributed by atoms with E-state index in [4.69, 9.17) is 9.52 Å². The van der Waals surface area contributed by atoms with Gasteiger partial charge in [-0.05, 0) is 18.6 Å². The number of aromatic carboxylic acids is 1. The van der Waals surface area contributed by atoms with Gasteiger partial charge < -0.3 is 9.52 Å². The van der Waals surface area contributed by atoms with Crippen molar-refractivity contribution in [2.45, 2.75) is 6.92 Å². The Morgan fingerprint density at radius 3 is 2.65 bits per heavy atom. The smallest absolute Gasteiger partial charge is 0.357 e. The molecule has 17 heavy (non-hydrogen) atoms. The van der Waals surface area contributed by atoms with Crippen LogP contribution in [0.5, 0.6) is 0 Å². The van der Waals surface area contributed by atoms with E-state index >= 15 is 0 Å². The number of hydrogen-bond donors (Lipinski definition) is 1. The Balaban J connectivity index is 2.27. The lowest BCUT2D eigenvalue weighted by molar-refractivity contribution is 0.0690. The zero-order valence-electron chi connectivity index (χ0n) is 9.25. The van der Waals surface area contributed by atoms with Gasteiger partial charge in [-0.3, -0.25) is 0 Å². The maximum absolute atomic E-state index is 10.7. The predicted octanol–water partition coefficient (Wildman–Crippen LogP) is 2.93. The van der Waals surface area contributed by atoms with Crippen molar-refractivity contribution in [1.29, 1.82) is 0 Å². The molecule has 0 atom stereocenters. The normalized spacial score (nSPS) is 11.5. The van der Waals surface area contributed by atoms with Gasteiger partial charge in [0.1, 0.15) is 6.26 Å². The molecule has 0 spiro atoms. The summed E-state index contributed by atoms with van der Waals surface area (Å²) in [6.45, 7) is 1.82. The van der Waals surface area contributed by atoms with E-state index in [1.807, 2.05) is 43.3 Å². The molecule has 0 fully saturated rings. The molecule has 0 amide bonds. The minimum Gasteiger partial charge on any atom is -0.476 e. The maximum Gasteiger partial charge on any atom is 0.357 e. The predicted molar refractivity (Wildman–Crippen MR) is 63.4 cm³/mol. The molecule has 2 rings (SSSR count). The Morgan fingerprint density at radius 1 is 1.35 bits per heavy atom. The Morgan fingerprint density at radius 2 is 2.06 bits per heavy atom. The zero-order valence-corrected chi connectivity index (χ0v) is 9.25. The Hall–Kier alpha value is -2.36. The van der Waals surface area contributed by atoms with Crippen LogP contribution in [0.2, 0.25) is 0 Å². The molecule has 0 radical (unpaired) electrons. The molecular formula is C13H11NO3. The van der Waals surface area contributed by atoms with Crippen LogP contribution in [0.25, 0.3) is 11.6 Å². The van der Waals surface area contributed by atoms with Crippen molar-refractivity contribution in [2.24, 2.45) is 0 Å². The van der Waals surface area contributed by atoms with Crippen LogP contribution in [0.4, 0.5) is 0 Å². The van der Waals surface area contributed by atoms with Gasteiger partial charge in [0.2, 0.25) is 5.89 Å². The van der Waals surface area contributed by atoms with E-state index in [1.165, 1.54) is 0 Å². The highest BCUT2D eigenvalue weighted by Gasteiger charge is 2.11. The van der Waals surface area contributed by atoms with Crippen LogP contribution in [0.15, 0.2) is 41.0 Å². The number of hydrogen-bond acceptors (Lipinski definition) is 3.